The van der Waals surface area contributed by atoms with Crippen LogP contribution in [-0.2, 0) is 4.79 Å². The molecule has 0 aromatic heterocycles. The number of carbonyl (C=O) groups excluding carboxylic acids is 1. The van der Waals surface area contributed by atoms with E-state index < -0.39 is 10.7 Å². The van der Waals surface area contributed by atoms with Crippen LogP contribution in [0.3, 0.4) is 0 Å². The van der Waals surface area contributed by atoms with E-state index in [0.29, 0.717) is 11.4 Å². The number of carbonyl (C=O) groups is 1. The maximum absolute atomic E-state index is 13.1. The quantitative estimate of drug-likeness (QED) is 0.693. The van der Waals surface area contributed by atoms with Gasteiger partial charge >= 0.3 is 0 Å². The number of nitro groups is 1. The van der Waals surface area contributed by atoms with Crippen molar-refractivity contribution in [2.45, 2.75) is 6.92 Å². The fraction of sp³-hybridized carbons (Fsp3) is 0.133. The van der Waals surface area contributed by atoms with Gasteiger partial charge < -0.3 is 10.2 Å². The monoisotopic (exact) mass is 303 g/mol. The van der Waals surface area contributed by atoms with Gasteiger partial charge in [0.25, 0.3) is 5.69 Å². The predicted molar refractivity (Wildman–Crippen MR) is 81.9 cm³/mol. The van der Waals surface area contributed by atoms with Gasteiger partial charge in [0.1, 0.15) is 11.5 Å². The largest absolute Gasteiger partial charge is 0.350 e. The second-order valence-corrected chi connectivity index (χ2v) is 4.67. The topological polar surface area (TPSA) is 75.5 Å². The summed E-state index contributed by atoms with van der Waals surface area (Å²) in [4.78, 5) is 23.0. The smallest absolute Gasteiger partial charge is 0.295 e. The van der Waals surface area contributed by atoms with E-state index in [2.05, 4.69) is 5.32 Å². The van der Waals surface area contributed by atoms with Crippen LogP contribution in [0.4, 0.5) is 27.1 Å². The van der Waals surface area contributed by atoms with Gasteiger partial charge in [-0.05, 0) is 36.4 Å². The molecule has 22 heavy (non-hydrogen) atoms. The number of hydrogen-bond donors (Lipinski definition) is 1. The van der Waals surface area contributed by atoms with Crippen LogP contribution in [-0.4, -0.2) is 17.9 Å². The van der Waals surface area contributed by atoms with E-state index in [1.54, 1.807) is 31.3 Å². The van der Waals surface area contributed by atoms with Crippen molar-refractivity contribution in [1.29, 1.82) is 0 Å². The first kappa shape index (κ1) is 15.4. The number of amides is 1. The number of benzene rings is 2. The lowest BCUT2D eigenvalue weighted by atomic mass is 10.2. The molecule has 0 bridgehead atoms. The van der Waals surface area contributed by atoms with Crippen molar-refractivity contribution in [3.05, 3.63) is 58.4 Å². The molecule has 1 amide bonds. The lowest BCUT2D eigenvalue weighted by molar-refractivity contribution is -0.384. The molecule has 0 atom stereocenters. The standard InChI is InChI=1S/C15H14FN3O3/c1-10(20)18(2)13-6-4-12(5-7-13)17-14-8-3-11(16)9-15(14)19(21)22/h3-9,17H,1-2H3. The van der Waals surface area contributed by atoms with E-state index in [1.807, 2.05) is 0 Å². The molecule has 0 aliphatic heterocycles. The Labute approximate surface area is 126 Å². The van der Waals surface area contributed by atoms with Gasteiger partial charge in [0.2, 0.25) is 5.91 Å². The van der Waals surface area contributed by atoms with E-state index in [4.69, 9.17) is 0 Å². The second kappa shape index (κ2) is 6.21. The van der Waals surface area contributed by atoms with Gasteiger partial charge in [-0.25, -0.2) is 4.39 Å². The highest BCUT2D eigenvalue weighted by molar-refractivity contribution is 5.91. The molecule has 0 unspecified atom stereocenters. The lowest BCUT2D eigenvalue weighted by Gasteiger charge is -2.15. The van der Waals surface area contributed by atoms with Crippen molar-refractivity contribution in [2.75, 3.05) is 17.3 Å². The molecule has 0 radical (unpaired) electrons. The highest BCUT2D eigenvalue weighted by atomic mass is 19.1. The molecule has 0 saturated carbocycles. The first-order chi connectivity index (χ1) is 10.4. The molecule has 114 valence electrons. The van der Waals surface area contributed by atoms with Crippen LogP contribution in [0, 0.1) is 15.9 Å². The Morgan fingerprint density at radius 2 is 1.86 bits per heavy atom. The van der Waals surface area contributed by atoms with Crippen LogP contribution in [0.5, 0.6) is 0 Å². The van der Waals surface area contributed by atoms with Gasteiger partial charge in [0.05, 0.1) is 11.0 Å². The summed E-state index contributed by atoms with van der Waals surface area (Å²) >= 11 is 0. The van der Waals surface area contributed by atoms with Gasteiger partial charge in [0.15, 0.2) is 0 Å². The minimum absolute atomic E-state index is 0.102. The minimum Gasteiger partial charge on any atom is -0.350 e. The van der Waals surface area contributed by atoms with Crippen LogP contribution in [0.2, 0.25) is 0 Å². The molecule has 2 rings (SSSR count). The fourth-order valence-electron chi connectivity index (χ4n) is 1.87. The molecular formula is C15H14FN3O3. The van der Waals surface area contributed by atoms with Gasteiger partial charge in [-0.2, -0.15) is 0 Å². The van der Waals surface area contributed by atoms with Crippen LogP contribution in [0.1, 0.15) is 6.92 Å². The normalized spacial score (nSPS) is 10.1. The molecule has 0 aliphatic carbocycles. The van der Waals surface area contributed by atoms with Crippen molar-refractivity contribution >= 4 is 28.7 Å². The van der Waals surface area contributed by atoms with E-state index in [1.165, 1.54) is 17.9 Å². The number of hydrogen-bond acceptors (Lipinski definition) is 4. The molecule has 0 saturated heterocycles. The Morgan fingerprint density at radius 1 is 1.23 bits per heavy atom. The first-order valence-electron chi connectivity index (χ1n) is 6.44. The summed E-state index contributed by atoms with van der Waals surface area (Å²) in [5, 5.41) is 13.8. The zero-order valence-corrected chi connectivity index (χ0v) is 12.0. The average molecular weight is 303 g/mol. The third-order valence-corrected chi connectivity index (χ3v) is 3.16. The fourth-order valence-corrected chi connectivity index (χ4v) is 1.87. The number of nitrogens with zero attached hydrogens (tertiary/aromatic N) is 2. The second-order valence-electron chi connectivity index (χ2n) is 4.67. The van der Waals surface area contributed by atoms with E-state index in [-0.39, 0.29) is 17.3 Å². The number of rotatable bonds is 4. The summed E-state index contributed by atoms with van der Waals surface area (Å²) in [6.07, 6.45) is 0. The number of halogens is 1. The molecule has 0 aliphatic rings. The van der Waals surface area contributed by atoms with E-state index >= 15 is 0 Å². The molecule has 2 aromatic rings. The third kappa shape index (κ3) is 3.38. The molecule has 0 fully saturated rings. The van der Waals surface area contributed by atoms with E-state index in [9.17, 15) is 19.3 Å². The summed E-state index contributed by atoms with van der Waals surface area (Å²) in [5.41, 5.74) is 1.14. The Bertz CT molecular complexity index is 716. The highest BCUT2D eigenvalue weighted by Gasteiger charge is 2.15. The molecule has 1 N–H and O–H groups in total. The van der Waals surface area contributed by atoms with Crippen LogP contribution >= 0.6 is 0 Å². The van der Waals surface area contributed by atoms with Gasteiger partial charge in [-0.1, -0.05) is 0 Å². The Balaban J connectivity index is 2.25. The maximum atomic E-state index is 13.1. The zero-order chi connectivity index (χ0) is 16.3. The van der Waals surface area contributed by atoms with Crippen LogP contribution in [0.15, 0.2) is 42.5 Å². The maximum Gasteiger partial charge on any atom is 0.295 e. The third-order valence-electron chi connectivity index (χ3n) is 3.16. The molecule has 0 spiro atoms. The van der Waals surface area contributed by atoms with Gasteiger partial charge in [-0.15, -0.1) is 0 Å². The zero-order valence-electron chi connectivity index (χ0n) is 12.0. The van der Waals surface area contributed by atoms with Crippen LogP contribution < -0.4 is 10.2 Å². The number of nitrogens with one attached hydrogen (secondary N) is 1. The summed E-state index contributed by atoms with van der Waals surface area (Å²) in [7, 11) is 1.65. The highest BCUT2D eigenvalue weighted by Crippen LogP contribution is 2.29. The van der Waals surface area contributed by atoms with Crippen molar-refractivity contribution in [1.82, 2.24) is 0 Å². The Morgan fingerprint density at radius 3 is 2.41 bits per heavy atom. The molecular weight excluding hydrogens is 289 g/mol. The van der Waals surface area contributed by atoms with Gasteiger partial charge in [0, 0.05) is 25.3 Å². The van der Waals surface area contributed by atoms with Crippen LogP contribution in [0.25, 0.3) is 0 Å². The Hall–Kier alpha value is -2.96. The molecule has 2 aromatic carbocycles. The number of nitro benzene ring substituents is 1. The van der Waals surface area contributed by atoms with Crippen molar-refractivity contribution in [2.24, 2.45) is 0 Å². The molecule has 0 heterocycles. The molecule has 6 nitrogen and oxygen atoms in total. The van der Waals surface area contributed by atoms with E-state index in [0.717, 1.165) is 12.1 Å². The average Bonchev–Trinajstić information content (AvgIpc) is 2.48. The molecule has 7 heteroatoms. The SMILES string of the molecule is CC(=O)N(C)c1ccc(Nc2ccc(F)cc2[N+](=O)[O-])cc1. The lowest BCUT2D eigenvalue weighted by Crippen LogP contribution is -2.22. The minimum atomic E-state index is -0.671. The van der Waals surface area contributed by atoms with Gasteiger partial charge in [-0.3, -0.25) is 14.9 Å². The number of anilines is 3. The summed E-state index contributed by atoms with van der Waals surface area (Å²) in [6.45, 7) is 1.45. The van der Waals surface area contributed by atoms with Crippen molar-refractivity contribution in [3.8, 4) is 0 Å². The Kier molecular flexibility index (Phi) is 4.36. The summed E-state index contributed by atoms with van der Waals surface area (Å²) < 4.78 is 13.1. The predicted octanol–water partition coefficient (Wildman–Crippen LogP) is 3.46. The van der Waals surface area contributed by atoms with Crippen molar-refractivity contribution in [3.63, 3.8) is 0 Å². The summed E-state index contributed by atoms with van der Waals surface area (Å²) in [6, 6.07) is 10.1. The van der Waals surface area contributed by atoms with Crippen molar-refractivity contribution < 1.29 is 14.1 Å². The first-order valence-corrected chi connectivity index (χ1v) is 6.44. The summed E-state index contributed by atoms with van der Waals surface area (Å²) in [5.74, 6) is -0.773.